The molecule has 0 atom stereocenters. The first kappa shape index (κ1) is 56.4. The molecule has 0 saturated carbocycles. The monoisotopic (exact) mass is 1200 g/mol. The van der Waals surface area contributed by atoms with Crippen LogP contribution in [-0.4, -0.2) is 0 Å². The lowest BCUT2D eigenvalue weighted by Crippen LogP contribution is -2.11. The molecule has 0 radical (unpaired) electrons. The van der Waals surface area contributed by atoms with Crippen LogP contribution < -0.4 is 9.80 Å². The SMILES string of the molecule is Cc1ccc(C=C(c2ccc(C)cc2)c2ccc(N(c3ccc(C)cc3)c3ccc4cccc5c4c3c3cccc4c3c5c3cccc5c6c(N(c7ccc(C)cc7)c7ccc(C(=Cc8ccc(C)cc8)c8ccc(C)cc8)cc7)ccc7cccc(c76)c4c53)cc2)cc1. The van der Waals surface area contributed by atoms with Crippen LogP contribution in [0.3, 0.4) is 0 Å². The first-order chi connectivity index (χ1) is 46.1. The Kier molecular flexibility index (Phi) is 13.6. The number of rotatable bonds is 12. The van der Waals surface area contributed by atoms with E-state index in [1.54, 1.807) is 0 Å². The zero-order valence-corrected chi connectivity index (χ0v) is 53.8. The highest BCUT2D eigenvalue weighted by Gasteiger charge is 2.28. The summed E-state index contributed by atoms with van der Waals surface area (Å²) in [6, 6.07) is 110. The largest absolute Gasteiger partial charge is 0.310 e. The fourth-order valence-electron chi connectivity index (χ4n) is 15.0. The minimum absolute atomic E-state index is 1.09. The lowest BCUT2D eigenvalue weighted by atomic mass is 9.81. The summed E-state index contributed by atoms with van der Waals surface area (Å²) >= 11 is 0. The standard InChI is InChI=1S/C92H68N2/c1-57-19-31-63(32-20-57)55-81(65-35-23-59(3)24-36-65)67-39-49-73(50-40-67)93(71-45-27-61(5)28-46-71)83-53-43-69-11-7-13-75-85(69)91(83)79-17-9-15-77-88-76-14-8-12-70-44-54-84(92(86(70)76)80-18-10-16-78(90(80)88)87(75)89(77)79)94(72-47-29-62(6)30-48-72)74-51-41-68(42-52-74)82(66-37-25-60(4)26-38-66)56-64-33-21-58(2)22-34-64/h7-56H,1-6H3. The zero-order valence-electron chi connectivity index (χ0n) is 53.8. The Balaban J connectivity index is 0.887. The molecule has 0 aliphatic heterocycles. The summed E-state index contributed by atoms with van der Waals surface area (Å²) in [5.74, 6) is 0. The smallest absolute Gasteiger partial charge is 0.0546 e. The van der Waals surface area contributed by atoms with Crippen LogP contribution in [0.4, 0.5) is 34.1 Å². The average molecular weight is 1200 g/mol. The van der Waals surface area contributed by atoms with Crippen molar-refractivity contribution < 1.29 is 0 Å². The van der Waals surface area contributed by atoms with Gasteiger partial charge in [-0.15, -0.1) is 0 Å². The molecule has 17 aromatic carbocycles. The van der Waals surface area contributed by atoms with Gasteiger partial charge in [-0.1, -0.05) is 264 Å². The Hall–Kier alpha value is -11.6. The van der Waals surface area contributed by atoms with Gasteiger partial charge in [0.15, 0.2) is 0 Å². The van der Waals surface area contributed by atoms with Crippen LogP contribution in [0.5, 0.6) is 0 Å². The van der Waals surface area contributed by atoms with E-state index < -0.39 is 0 Å². The molecule has 0 bridgehead atoms. The molecular weight excluding hydrogens is 1130 g/mol. The van der Waals surface area contributed by atoms with E-state index in [1.165, 1.54) is 153 Å². The van der Waals surface area contributed by atoms with Gasteiger partial charge in [0.2, 0.25) is 0 Å². The third-order valence-electron chi connectivity index (χ3n) is 19.7. The molecule has 0 saturated heterocycles. The van der Waals surface area contributed by atoms with E-state index in [2.05, 4.69) is 355 Å². The van der Waals surface area contributed by atoms with E-state index >= 15 is 0 Å². The van der Waals surface area contributed by atoms with Crippen molar-refractivity contribution in [2.24, 2.45) is 0 Å². The Labute approximate surface area is 549 Å². The van der Waals surface area contributed by atoms with E-state index in [0.717, 1.165) is 45.3 Å². The van der Waals surface area contributed by atoms with Crippen molar-refractivity contribution in [2.75, 3.05) is 9.80 Å². The van der Waals surface area contributed by atoms with Gasteiger partial charge in [-0.2, -0.15) is 0 Å². The van der Waals surface area contributed by atoms with Crippen molar-refractivity contribution in [1.29, 1.82) is 0 Å². The van der Waals surface area contributed by atoms with Crippen LogP contribution in [0.15, 0.2) is 291 Å². The summed E-state index contributed by atoms with van der Waals surface area (Å²) in [7, 11) is 0. The van der Waals surface area contributed by atoms with Crippen molar-refractivity contribution in [1.82, 2.24) is 0 Å². The fourth-order valence-corrected chi connectivity index (χ4v) is 15.0. The predicted octanol–water partition coefficient (Wildman–Crippen LogP) is 25.8. The van der Waals surface area contributed by atoms with Crippen molar-refractivity contribution in [3.05, 3.63) is 358 Å². The highest BCUT2D eigenvalue weighted by molar-refractivity contribution is 6.49. The third kappa shape index (κ3) is 9.55. The predicted molar refractivity (Wildman–Crippen MR) is 406 cm³/mol. The second kappa shape index (κ2) is 22.7. The number of hydrogen-bond acceptors (Lipinski definition) is 2. The van der Waals surface area contributed by atoms with Crippen molar-refractivity contribution in [2.45, 2.75) is 41.5 Å². The van der Waals surface area contributed by atoms with Crippen LogP contribution in [0.25, 0.3) is 109 Å². The van der Waals surface area contributed by atoms with Gasteiger partial charge in [0.05, 0.1) is 11.4 Å². The third-order valence-corrected chi connectivity index (χ3v) is 19.7. The topological polar surface area (TPSA) is 6.48 Å². The molecule has 0 unspecified atom stereocenters. The number of aryl methyl sites for hydroxylation is 6. The van der Waals surface area contributed by atoms with Gasteiger partial charge in [-0.05, 0) is 234 Å². The van der Waals surface area contributed by atoms with Gasteiger partial charge >= 0.3 is 0 Å². The van der Waals surface area contributed by atoms with E-state index in [0.29, 0.717) is 0 Å². The quantitative estimate of drug-likeness (QED) is 0.0683. The summed E-state index contributed by atoms with van der Waals surface area (Å²) < 4.78 is 0. The maximum Gasteiger partial charge on any atom is 0.0546 e. The van der Waals surface area contributed by atoms with Crippen LogP contribution in [-0.2, 0) is 0 Å². The molecule has 0 N–H and O–H groups in total. The minimum Gasteiger partial charge on any atom is -0.310 e. The van der Waals surface area contributed by atoms with Crippen LogP contribution in [0, 0.1) is 41.5 Å². The maximum atomic E-state index is 2.49. The number of benzene rings is 17. The second-order valence-electron chi connectivity index (χ2n) is 26.0. The van der Waals surface area contributed by atoms with Gasteiger partial charge in [0.1, 0.15) is 0 Å². The normalized spacial score (nSPS) is 12.3. The van der Waals surface area contributed by atoms with Gasteiger partial charge in [0.25, 0.3) is 0 Å². The molecule has 94 heavy (non-hydrogen) atoms. The molecule has 0 aliphatic rings. The fraction of sp³-hybridized carbons (Fsp3) is 0.0652. The molecule has 0 amide bonds. The van der Waals surface area contributed by atoms with Gasteiger partial charge in [-0.3, -0.25) is 0 Å². The summed E-state index contributed by atoms with van der Waals surface area (Å²) in [6.45, 7) is 13.0. The molecule has 0 spiro atoms. The van der Waals surface area contributed by atoms with Crippen LogP contribution in [0.2, 0.25) is 0 Å². The molecule has 0 fully saturated rings. The van der Waals surface area contributed by atoms with Crippen LogP contribution >= 0.6 is 0 Å². The average Bonchev–Trinajstić information content (AvgIpc) is 0.679. The van der Waals surface area contributed by atoms with E-state index in [1.807, 2.05) is 0 Å². The highest BCUT2D eigenvalue weighted by atomic mass is 15.1. The summed E-state index contributed by atoms with van der Waals surface area (Å²) in [5, 5.41) is 20.1. The number of anilines is 6. The van der Waals surface area contributed by atoms with E-state index in [-0.39, 0.29) is 0 Å². The summed E-state index contributed by atoms with van der Waals surface area (Å²) in [6.07, 6.45) is 4.66. The Morgan fingerprint density at radius 3 is 0.755 bits per heavy atom. The van der Waals surface area contributed by atoms with Gasteiger partial charge < -0.3 is 9.80 Å². The Morgan fingerprint density at radius 1 is 0.213 bits per heavy atom. The minimum atomic E-state index is 1.09. The molecular formula is C92H68N2. The zero-order chi connectivity index (χ0) is 63.3. The number of fused-ring (bicyclic) bond motifs is 6. The van der Waals surface area contributed by atoms with Gasteiger partial charge in [-0.25, -0.2) is 0 Å². The Bertz CT molecular complexity index is 5450. The van der Waals surface area contributed by atoms with Crippen molar-refractivity contribution in [3.8, 4) is 0 Å². The van der Waals surface area contributed by atoms with E-state index in [9.17, 15) is 0 Å². The Morgan fingerprint density at radius 2 is 0.447 bits per heavy atom. The molecule has 0 aromatic heterocycles. The summed E-state index contributed by atoms with van der Waals surface area (Å²) in [5.41, 5.74) is 23.5. The second-order valence-corrected chi connectivity index (χ2v) is 26.0. The summed E-state index contributed by atoms with van der Waals surface area (Å²) in [4.78, 5) is 4.99. The lowest BCUT2D eigenvalue weighted by molar-refractivity contribution is 1.29. The molecule has 17 rings (SSSR count). The number of hydrogen-bond donors (Lipinski definition) is 0. The first-order valence-corrected chi connectivity index (χ1v) is 32.9. The van der Waals surface area contributed by atoms with Gasteiger partial charge in [0, 0.05) is 33.5 Å². The first-order valence-electron chi connectivity index (χ1n) is 32.9. The van der Waals surface area contributed by atoms with E-state index in [4.69, 9.17) is 0 Å². The molecule has 17 aromatic rings. The molecule has 0 heterocycles. The van der Waals surface area contributed by atoms with Crippen molar-refractivity contribution >= 4 is 144 Å². The highest BCUT2D eigenvalue weighted by Crippen LogP contribution is 2.55. The number of nitrogens with zero attached hydrogens (tertiary/aromatic N) is 2. The maximum absolute atomic E-state index is 2.49. The molecule has 446 valence electrons. The lowest BCUT2D eigenvalue weighted by Gasteiger charge is -2.30. The molecule has 2 heteroatoms. The molecule has 2 nitrogen and oxygen atoms in total. The molecule has 0 aliphatic carbocycles. The van der Waals surface area contributed by atoms with Crippen molar-refractivity contribution in [3.63, 3.8) is 0 Å². The van der Waals surface area contributed by atoms with Crippen LogP contribution in [0.1, 0.15) is 66.8 Å².